The fraction of sp³-hybridized carbons (Fsp3) is 0. The normalized spacial score (nSPS) is 11.6. The molecule has 4 nitrogen and oxygen atoms in total. The van der Waals surface area contributed by atoms with Crippen molar-refractivity contribution in [3.05, 3.63) is 182 Å². The van der Waals surface area contributed by atoms with Crippen molar-refractivity contribution >= 4 is 43.7 Å². The van der Waals surface area contributed by atoms with Crippen molar-refractivity contribution in [3.63, 3.8) is 0 Å². The van der Waals surface area contributed by atoms with Gasteiger partial charge in [0.15, 0.2) is 0 Å². The first-order valence-corrected chi connectivity index (χ1v) is 16.9. The van der Waals surface area contributed by atoms with Gasteiger partial charge in [0, 0.05) is 51.7 Å². The summed E-state index contributed by atoms with van der Waals surface area (Å²) >= 11 is 0. The summed E-state index contributed by atoms with van der Waals surface area (Å²) in [6, 6.07) is 58.4. The molecule has 0 saturated heterocycles. The summed E-state index contributed by atoms with van der Waals surface area (Å²) in [5.74, 6) is 0. The van der Waals surface area contributed by atoms with Gasteiger partial charge < -0.3 is 9.13 Å². The van der Waals surface area contributed by atoms with Crippen molar-refractivity contribution in [2.75, 3.05) is 0 Å². The minimum Gasteiger partial charge on any atom is -0.309 e. The van der Waals surface area contributed by atoms with Gasteiger partial charge in [0.1, 0.15) is 0 Å². The number of hydrogen-bond acceptors (Lipinski definition) is 2. The Labute approximate surface area is 289 Å². The van der Waals surface area contributed by atoms with E-state index in [1.807, 2.05) is 24.7 Å². The minimum atomic E-state index is 0.949. The molecule has 6 aromatic carbocycles. The maximum absolute atomic E-state index is 4.81. The van der Waals surface area contributed by atoms with Gasteiger partial charge in [0.25, 0.3) is 0 Å². The van der Waals surface area contributed by atoms with Crippen molar-refractivity contribution in [3.8, 4) is 44.8 Å². The Balaban J connectivity index is 1.23. The fourth-order valence-electron chi connectivity index (χ4n) is 7.66. The van der Waals surface area contributed by atoms with E-state index in [1.54, 1.807) is 0 Å². The van der Waals surface area contributed by atoms with Gasteiger partial charge in [-0.25, -0.2) is 0 Å². The molecule has 50 heavy (non-hydrogen) atoms. The van der Waals surface area contributed by atoms with Crippen molar-refractivity contribution in [2.45, 2.75) is 0 Å². The third kappa shape index (κ3) is 4.39. The van der Waals surface area contributed by atoms with Crippen molar-refractivity contribution in [1.29, 1.82) is 0 Å². The van der Waals surface area contributed by atoms with Crippen LogP contribution in [0.25, 0.3) is 88.5 Å². The van der Waals surface area contributed by atoms with Crippen LogP contribution < -0.4 is 0 Å². The molecule has 10 aromatic rings. The molecular weight excluding hydrogens is 609 g/mol. The van der Waals surface area contributed by atoms with E-state index in [0.29, 0.717) is 0 Å². The molecule has 234 valence electrons. The molecule has 0 amide bonds. The molecular formula is C46H30N4. The number of para-hydroxylation sites is 2. The molecule has 4 heterocycles. The van der Waals surface area contributed by atoms with Gasteiger partial charge in [-0.15, -0.1) is 0 Å². The molecule has 0 aliphatic rings. The Morgan fingerprint density at radius 2 is 1.06 bits per heavy atom. The molecule has 0 atom stereocenters. The van der Waals surface area contributed by atoms with Crippen LogP contribution >= 0.6 is 0 Å². The average molecular weight is 639 g/mol. The van der Waals surface area contributed by atoms with E-state index in [9.17, 15) is 0 Å². The van der Waals surface area contributed by atoms with E-state index < -0.39 is 0 Å². The highest BCUT2D eigenvalue weighted by Gasteiger charge is 2.20. The zero-order chi connectivity index (χ0) is 33.0. The lowest BCUT2D eigenvalue weighted by Gasteiger charge is -2.13. The summed E-state index contributed by atoms with van der Waals surface area (Å²) in [6.07, 6.45) is 5.80. The molecule has 0 aliphatic heterocycles. The third-order valence-electron chi connectivity index (χ3n) is 9.83. The minimum absolute atomic E-state index is 0.949. The molecule has 4 heteroatoms. The summed E-state index contributed by atoms with van der Waals surface area (Å²) in [5.41, 5.74) is 14.6. The molecule has 0 unspecified atom stereocenters. The van der Waals surface area contributed by atoms with E-state index in [1.165, 1.54) is 38.5 Å². The number of aromatic nitrogens is 4. The van der Waals surface area contributed by atoms with Crippen LogP contribution in [0.1, 0.15) is 0 Å². The van der Waals surface area contributed by atoms with Gasteiger partial charge in [-0.2, -0.15) is 0 Å². The third-order valence-corrected chi connectivity index (χ3v) is 9.83. The van der Waals surface area contributed by atoms with Crippen LogP contribution in [0.4, 0.5) is 0 Å². The predicted molar refractivity (Wildman–Crippen MR) is 207 cm³/mol. The summed E-state index contributed by atoms with van der Waals surface area (Å²) < 4.78 is 4.71. The van der Waals surface area contributed by atoms with Crippen LogP contribution in [0.3, 0.4) is 0 Å². The van der Waals surface area contributed by atoms with Crippen LogP contribution in [0.15, 0.2) is 182 Å². The number of fused-ring (bicyclic) bond motifs is 6. The van der Waals surface area contributed by atoms with Crippen molar-refractivity contribution in [1.82, 2.24) is 19.1 Å². The van der Waals surface area contributed by atoms with Gasteiger partial charge in [0.2, 0.25) is 0 Å². The van der Waals surface area contributed by atoms with E-state index in [2.05, 4.69) is 167 Å². The summed E-state index contributed by atoms with van der Waals surface area (Å²) in [4.78, 5) is 9.57. The van der Waals surface area contributed by atoms with Crippen molar-refractivity contribution < 1.29 is 0 Å². The lowest BCUT2D eigenvalue weighted by atomic mass is 9.95. The van der Waals surface area contributed by atoms with Crippen LogP contribution in [-0.2, 0) is 0 Å². The number of pyridine rings is 2. The van der Waals surface area contributed by atoms with Crippen LogP contribution in [-0.4, -0.2) is 19.1 Å². The summed E-state index contributed by atoms with van der Waals surface area (Å²) in [5, 5.41) is 3.50. The van der Waals surface area contributed by atoms with E-state index in [0.717, 1.165) is 50.0 Å². The van der Waals surface area contributed by atoms with Gasteiger partial charge in [-0.3, -0.25) is 9.97 Å². The summed E-state index contributed by atoms with van der Waals surface area (Å²) in [6.45, 7) is 0. The van der Waals surface area contributed by atoms with E-state index in [4.69, 9.17) is 9.97 Å². The van der Waals surface area contributed by atoms with E-state index in [-0.39, 0.29) is 0 Å². The first-order valence-electron chi connectivity index (χ1n) is 16.9. The summed E-state index contributed by atoms with van der Waals surface area (Å²) in [7, 11) is 0. The average Bonchev–Trinajstić information content (AvgIpc) is 3.72. The number of nitrogens with zero attached hydrogens (tertiary/aromatic N) is 4. The second kappa shape index (κ2) is 11.4. The number of rotatable bonds is 5. The first kappa shape index (κ1) is 28.3. The Morgan fingerprint density at radius 1 is 0.400 bits per heavy atom. The molecule has 4 aromatic heterocycles. The second-order valence-corrected chi connectivity index (χ2v) is 12.7. The Bertz CT molecular complexity index is 2850. The zero-order valence-electron chi connectivity index (χ0n) is 27.1. The van der Waals surface area contributed by atoms with Gasteiger partial charge in [-0.1, -0.05) is 103 Å². The maximum Gasteiger partial charge on any atom is 0.0979 e. The molecule has 10 rings (SSSR count). The molecule has 0 bridgehead atoms. The number of hydrogen-bond donors (Lipinski definition) is 0. The molecule has 0 N–H and O–H groups in total. The Kier molecular flexibility index (Phi) is 6.46. The zero-order valence-corrected chi connectivity index (χ0v) is 27.1. The highest BCUT2D eigenvalue weighted by molar-refractivity contribution is 6.17. The molecule has 0 spiro atoms. The Morgan fingerprint density at radius 3 is 1.84 bits per heavy atom. The largest absolute Gasteiger partial charge is 0.309 e. The van der Waals surface area contributed by atoms with Crippen LogP contribution in [0.2, 0.25) is 0 Å². The molecule has 0 fully saturated rings. The van der Waals surface area contributed by atoms with E-state index >= 15 is 0 Å². The topological polar surface area (TPSA) is 35.6 Å². The molecule has 0 radical (unpaired) electrons. The first-order chi connectivity index (χ1) is 24.8. The van der Waals surface area contributed by atoms with Crippen LogP contribution in [0.5, 0.6) is 0 Å². The monoisotopic (exact) mass is 638 g/mol. The highest BCUT2D eigenvalue weighted by atomic mass is 15.0. The number of benzene rings is 6. The smallest absolute Gasteiger partial charge is 0.0979 e. The SMILES string of the molecule is c1ccc(-c2ccc3c(c2)c2c(-c4cccc(-c5cncc6c7ncccc7n(-c7ccccc7)c56)c4)cccc2n3-c2ccccc2)cc1. The Hall–Kier alpha value is -6.78. The van der Waals surface area contributed by atoms with Crippen molar-refractivity contribution in [2.24, 2.45) is 0 Å². The standard InChI is InChI=1S/C46H30N4/c1-4-13-31(14-5-1)32-24-25-41-38(28-32)44-37(21-11-22-42(44)49(41)35-17-6-2-7-18-35)33-15-10-16-34(27-33)39-29-47-30-40-45-43(23-12-26-48-45)50(46(39)40)36-19-8-3-9-20-36/h1-30H. The lowest BCUT2D eigenvalue weighted by molar-refractivity contribution is 1.17. The molecule has 0 saturated carbocycles. The lowest BCUT2D eigenvalue weighted by Crippen LogP contribution is -1.96. The van der Waals surface area contributed by atoms with Gasteiger partial charge >= 0.3 is 0 Å². The fourth-order valence-corrected chi connectivity index (χ4v) is 7.66. The predicted octanol–water partition coefficient (Wildman–Crippen LogP) is 11.7. The van der Waals surface area contributed by atoms with Gasteiger partial charge in [-0.05, 0) is 88.5 Å². The second-order valence-electron chi connectivity index (χ2n) is 12.7. The van der Waals surface area contributed by atoms with Crippen LogP contribution in [0, 0.1) is 0 Å². The highest BCUT2D eigenvalue weighted by Crippen LogP contribution is 2.42. The quantitative estimate of drug-likeness (QED) is 0.188. The maximum atomic E-state index is 4.81. The molecule has 0 aliphatic carbocycles. The van der Waals surface area contributed by atoms with Gasteiger partial charge in [0.05, 0.1) is 27.6 Å².